The lowest BCUT2D eigenvalue weighted by Crippen LogP contribution is -2.02. The van der Waals surface area contributed by atoms with Crippen molar-refractivity contribution in [3.05, 3.63) is 36.2 Å². The van der Waals surface area contributed by atoms with E-state index in [2.05, 4.69) is 10.1 Å². The minimum absolute atomic E-state index is 0.00972. The van der Waals surface area contributed by atoms with Crippen LogP contribution in [0.4, 0.5) is 4.39 Å². The fraction of sp³-hybridized carbons (Fsp3) is 0.182. The molecule has 0 spiro atoms. The van der Waals surface area contributed by atoms with Gasteiger partial charge in [0.25, 0.3) is 0 Å². The van der Waals surface area contributed by atoms with Gasteiger partial charge in [-0.15, -0.1) is 0 Å². The molecule has 5 heteroatoms. The van der Waals surface area contributed by atoms with Crippen LogP contribution in [0.1, 0.15) is 17.3 Å². The van der Waals surface area contributed by atoms with Gasteiger partial charge < -0.3 is 0 Å². The quantitative estimate of drug-likeness (QED) is 0.571. The fourth-order valence-electron chi connectivity index (χ4n) is 1.57. The average molecular weight is 219 g/mol. The molecule has 2 heterocycles. The Morgan fingerprint density at radius 1 is 1.50 bits per heavy atom. The topological polar surface area (TPSA) is 47.8 Å². The summed E-state index contributed by atoms with van der Waals surface area (Å²) < 4.78 is 15.0. The highest BCUT2D eigenvalue weighted by Crippen LogP contribution is 2.24. The SMILES string of the molecule is CC(=O)c1c(-c2cnn(C)c2)ccnc1F. The van der Waals surface area contributed by atoms with Crippen molar-refractivity contribution in [2.24, 2.45) is 7.05 Å². The lowest BCUT2D eigenvalue weighted by molar-refractivity contribution is 0.101. The van der Waals surface area contributed by atoms with Crippen molar-refractivity contribution >= 4 is 5.78 Å². The second kappa shape index (κ2) is 3.84. The Morgan fingerprint density at radius 3 is 2.81 bits per heavy atom. The van der Waals surface area contributed by atoms with Gasteiger partial charge in [0.05, 0.1) is 11.8 Å². The van der Waals surface area contributed by atoms with Gasteiger partial charge in [-0.05, 0) is 13.0 Å². The predicted molar refractivity (Wildman–Crippen MR) is 56.4 cm³/mol. The van der Waals surface area contributed by atoms with Crippen molar-refractivity contribution in [1.82, 2.24) is 14.8 Å². The molecule has 2 aromatic heterocycles. The van der Waals surface area contributed by atoms with E-state index in [0.29, 0.717) is 11.1 Å². The molecule has 0 saturated heterocycles. The Bertz CT molecular complexity index is 548. The number of halogens is 1. The monoisotopic (exact) mass is 219 g/mol. The summed E-state index contributed by atoms with van der Waals surface area (Å²) in [4.78, 5) is 14.8. The first-order valence-corrected chi connectivity index (χ1v) is 4.74. The zero-order valence-electron chi connectivity index (χ0n) is 8.94. The lowest BCUT2D eigenvalue weighted by atomic mass is 10.0. The first-order valence-electron chi connectivity index (χ1n) is 4.74. The summed E-state index contributed by atoms with van der Waals surface area (Å²) in [6, 6.07) is 1.61. The minimum atomic E-state index is -0.742. The first kappa shape index (κ1) is 10.5. The van der Waals surface area contributed by atoms with E-state index >= 15 is 0 Å². The number of carbonyl (C=O) groups excluding carboxylic acids is 1. The van der Waals surface area contributed by atoms with E-state index in [0.717, 1.165) is 0 Å². The maximum atomic E-state index is 13.4. The Labute approximate surface area is 91.7 Å². The Morgan fingerprint density at radius 2 is 2.25 bits per heavy atom. The molecule has 0 atom stereocenters. The Hall–Kier alpha value is -2.04. The van der Waals surface area contributed by atoms with Gasteiger partial charge in [-0.1, -0.05) is 0 Å². The third kappa shape index (κ3) is 1.71. The van der Waals surface area contributed by atoms with Gasteiger partial charge in [0.1, 0.15) is 0 Å². The van der Waals surface area contributed by atoms with E-state index in [9.17, 15) is 9.18 Å². The molecule has 0 aliphatic rings. The third-order valence-corrected chi connectivity index (χ3v) is 2.27. The van der Waals surface area contributed by atoms with Crippen molar-refractivity contribution in [2.45, 2.75) is 6.92 Å². The highest BCUT2D eigenvalue weighted by Gasteiger charge is 2.16. The van der Waals surface area contributed by atoms with Crippen LogP contribution >= 0.6 is 0 Å². The summed E-state index contributed by atoms with van der Waals surface area (Å²) in [5.41, 5.74) is 1.23. The van der Waals surface area contributed by atoms with Crippen LogP contribution in [-0.4, -0.2) is 20.5 Å². The van der Waals surface area contributed by atoms with Crippen molar-refractivity contribution in [3.63, 3.8) is 0 Å². The highest BCUT2D eigenvalue weighted by atomic mass is 19.1. The molecule has 0 aliphatic heterocycles. The van der Waals surface area contributed by atoms with Crippen LogP contribution < -0.4 is 0 Å². The molecular formula is C11H10FN3O. The first-order chi connectivity index (χ1) is 7.59. The van der Waals surface area contributed by atoms with Crippen LogP contribution in [0.25, 0.3) is 11.1 Å². The number of nitrogens with zero attached hydrogens (tertiary/aromatic N) is 3. The number of rotatable bonds is 2. The molecule has 0 aliphatic carbocycles. The number of aromatic nitrogens is 3. The zero-order chi connectivity index (χ0) is 11.7. The maximum absolute atomic E-state index is 13.4. The van der Waals surface area contributed by atoms with Crippen LogP contribution in [0.3, 0.4) is 0 Å². The van der Waals surface area contributed by atoms with E-state index in [1.54, 1.807) is 30.2 Å². The molecule has 4 nitrogen and oxygen atoms in total. The lowest BCUT2D eigenvalue weighted by Gasteiger charge is -2.04. The summed E-state index contributed by atoms with van der Waals surface area (Å²) in [5, 5.41) is 3.99. The summed E-state index contributed by atoms with van der Waals surface area (Å²) >= 11 is 0. The maximum Gasteiger partial charge on any atom is 0.224 e. The smallest absolute Gasteiger partial charge is 0.224 e. The summed E-state index contributed by atoms with van der Waals surface area (Å²) in [6.45, 7) is 1.32. The second-order valence-corrected chi connectivity index (χ2v) is 3.48. The molecular weight excluding hydrogens is 209 g/mol. The van der Waals surface area contributed by atoms with Crippen LogP contribution in [0.2, 0.25) is 0 Å². The van der Waals surface area contributed by atoms with E-state index in [-0.39, 0.29) is 11.3 Å². The number of Topliss-reactive ketones (excluding diaryl/α,β-unsaturated/α-hetero) is 1. The number of hydrogen-bond acceptors (Lipinski definition) is 3. The molecule has 0 saturated carbocycles. The number of aryl methyl sites for hydroxylation is 1. The number of hydrogen-bond donors (Lipinski definition) is 0. The summed E-state index contributed by atoms with van der Waals surface area (Å²) in [5.74, 6) is -1.08. The minimum Gasteiger partial charge on any atom is -0.294 e. The highest BCUT2D eigenvalue weighted by molar-refractivity contribution is 6.00. The molecule has 0 fully saturated rings. The van der Waals surface area contributed by atoms with Gasteiger partial charge >= 0.3 is 0 Å². The molecule has 2 aromatic rings. The van der Waals surface area contributed by atoms with Gasteiger partial charge in [-0.2, -0.15) is 9.49 Å². The normalized spacial score (nSPS) is 10.4. The van der Waals surface area contributed by atoms with Gasteiger partial charge in [0.15, 0.2) is 5.78 Å². The average Bonchev–Trinajstić information content (AvgIpc) is 2.63. The van der Waals surface area contributed by atoms with E-state index in [1.807, 2.05) is 0 Å². The zero-order valence-corrected chi connectivity index (χ0v) is 8.94. The van der Waals surface area contributed by atoms with Crippen LogP contribution in [0.5, 0.6) is 0 Å². The molecule has 0 bridgehead atoms. The largest absolute Gasteiger partial charge is 0.294 e. The van der Waals surface area contributed by atoms with Crippen molar-refractivity contribution in [3.8, 4) is 11.1 Å². The van der Waals surface area contributed by atoms with Gasteiger partial charge in [-0.25, -0.2) is 4.98 Å². The fourth-order valence-corrected chi connectivity index (χ4v) is 1.57. The van der Waals surface area contributed by atoms with E-state index in [4.69, 9.17) is 0 Å². The van der Waals surface area contributed by atoms with E-state index in [1.165, 1.54) is 13.1 Å². The third-order valence-electron chi connectivity index (χ3n) is 2.27. The van der Waals surface area contributed by atoms with Crippen molar-refractivity contribution in [1.29, 1.82) is 0 Å². The summed E-state index contributed by atoms with van der Waals surface area (Å²) in [6.07, 6.45) is 4.65. The molecule has 0 amide bonds. The van der Waals surface area contributed by atoms with Gasteiger partial charge in [0.2, 0.25) is 5.95 Å². The number of ketones is 1. The molecule has 0 radical (unpaired) electrons. The van der Waals surface area contributed by atoms with Crippen molar-refractivity contribution < 1.29 is 9.18 Å². The predicted octanol–water partition coefficient (Wildman–Crippen LogP) is 1.82. The number of carbonyl (C=O) groups is 1. The van der Waals surface area contributed by atoms with Gasteiger partial charge in [-0.3, -0.25) is 9.48 Å². The number of pyridine rings is 1. The molecule has 82 valence electrons. The van der Waals surface area contributed by atoms with Crippen LogP contribution in [0.15, 0.2) is 24.7 Å². The molecule has 0 aromatic carbocycles. The van der Waals surface area contributed by atoms with Crippen molar-refractivity contribution in [2.75, 3.05) is 0 Å². The van der Waals surface area contributed by atoms with Gasteiger partial charge in [0, 0.05) is 30.6 Å². The molecule has 0 unspecified atom stereocenters. The Balaban J connectivity index is 2.65. The Kier molecular flexibility index (Phi) is 2.52. The molecule has 2 rings (SSSR count). The molecule has 0 N–H and O–H groups in total. The molecule has 16 heavy (non-hydrogen) atoms. The van der Waals surface area contributed by atoms with Crippen LogP contribution in [-0.2, 0) is 7.05 Å². The standard InChI is InChI=1S/C11H10FN3O/c1-7(16)10-9(3-4-13-11(10)12)8-5-14-15(2)6-8/h3-6H,1-2H3. The van der Waals surface area contributed by atoms with E-state index < -0.39 is 5.95 Å². The summed E-state index contributed by atoms with van der Waals surface area (Å²) in [7, 11) is 1.76. The second-order valence-electron chi connectivity index (χ2n) is 3.48. The van der Waals surface area contributed by atoms with Crippen LogP contribution in [0, 0.1) is 5.95 Å².